The molecule has 1 aliphatic rings. The van der Waals surface area contributed by atoms with Crippen molar-refractivity contribution < 1.29 is 4.74 Å². The molecule has 1 aromatic carbocycles. The van der Waals surface area contributed by atoms with Gasteiger partial charge in [0.15, 0.2) is 0 Å². The maximum atomic E-state index is 8.81. The Morgan fingerprint density at radius 3 is 2.50 bits per heavy atom. The van der Waals surface area contributed by atoms with E-state index in [1.165, 1.54) is 11.1 Å². The second kappa shape index (κ2) is 6.96. The zero-order valence-corrected chi connectivity index (χ0v) is 12.2. The monoisotopic (exact) mass is 267 g/mol. The van der Waals surface area contributed by atoms with Crippen molar-refractivity contribution in [2.75, 3.05) is 6.61 Å². The topological polar surface area (TPSA) is 33.0 Å². The van der Waals surface area contributed by atoms with Crippen molar-refractivity contribution in [3.63, 3.8) is 0 Å². The molecule has 0 saturated heterocycles. The molecule has 1 unspecified atom stereocenters. The van der Waals surface area contributed by atoms with Crippen LogP contribution in [0.25, 0.3) is 5.57 Å². The number of ether oxygens (including phenoxy) is 1. The van der Waals surface area contributed by atoms with Gasteiger partial charge >= 0.3 is 0 Å². The molecule has 0 radical (unpaired) electrons. The lowest BCUT2D eigenvalue weighted by molar-refractivity contribution is 0.162. The maximum absolute atomic E-state index is 8.81. The first kappa shape index (κ1) is 14.4. The fraction of sp³-hybridized carbons (Fsp3) is 0.389. The van der Waals surface area contributed by atoms with Gasteiger partial charge < -0.3 is 4.74 Å². The molecule has 0 aliphatic heterocycles. The third kappa shape index (κ3) is 3.74. The fourth-order valence-electron chi connectivity index (χ4n) is 2.10. The van der Waals surface area contributed by atoms with Crippen LogP contribution in [0.2, 0.25) is 0 Å². The van der Waals surface area contributed by atoms with Crippen LogP contribution in [0, 0.1) is 17.2 Å². The number of nitriles is 1. The summed E-state index contributed by atoms with van der Waals surface area (Å²) in [4.78, 5) is 0. The predicted octanol–water partition coefficient (Wildman–Crippen LogP) is 4.68. The molecule has 0 amide bonds. The summed E-state index contributed by atoms with van der Waals surface area (Å²) in [6, 6.07) is 9.92. The SMILES string of the molecule is CCC(C)COC1=CC=C(c2ccc(C#N)cc2)CC1. The molecule has 104 valence electrons. The quantitative estimate of drug-likeness (QED) is 0.775. The first-order valence-corrected chi connectivity index (χ1v) is 7.26. The Bertz CT molecular complexity index is 546. The summed E-state index contributed by atoms with van der Waals surface area (Å²) < 4.78 is 5.83. The van der Waals surface area contributed by atoms with Gasteiger partial charge in [0.25, 0.3) is 0 Å². The summed E-state index contributed by atoms with van der Waals surface area (Å²) in [5.74, 6) is 1.70. The van der Waals surface area contributed by atoms with Crippen LogP contribution in [0.3, 0.4) is 0 Å². The summed E-state index contributed by atoms with van der Waals surface area (Å²) in [7, 11) is 0. The number of allylic oxidation sites excluding steroid dienone is 4. The van der Waals surface area contributed by atoms with Crippen LogP contribution in [-0.2, 0) is 4.74 Å². The molecule has 0 fully saturated rings. The van der Waals surface area contributed by atoms with Gasteiger partial charge in [-0.1, -0.05) is 38.5 Å². The van der Waals surface area contributed by atoms with E-state index in [1.807, 2.05) is 24.3 Å². The maximum Gasteiger partial charge on any atom is 0.0991 e. The van der Waals surface area contributed by atoms with Gasteiger partial charge in [0.1, 0.15) is 0 Å². The zero-order valence-electron chi connectivity index (χ0n) is 12.2. The standard InChI is InChI=1S/C18H21NO/c1-3-14(2)13-20-18-10-8-17(9-11-18)16-6-4-15(12-19)5-7-16/h4-8,10,14H,3,9,11,13H2,1-2H3. The second-order valence-electron chi connectivity index (χ2n) is 5.34. The molecule has 0 heterocycles. The number of benzene rings is 1. The molecule has 1 aliphatic carbocycles. The van der Waals surface area contributed by atoms with Gasteiger partial charge in [0.2, 0.25) is 0 Å². The zero-order chi connectivity index (χ0) is 14.4. The van der Waals surface area contributed by atoms with Gasteiger partial charge in [-0.05, 0) is 41.7 Å². The predicted molar refractivity (Wildman–Crippen MR) is 81.9 cm³/mol. The summed E-state index contributed by atoms with van der Waals surface area (Å²) in [6.07, 6.45) is 7.33. The highest BCUT2D eigenvalue weighted by atomic mass is 16.5. The molecule has 2 nitrogen and oxygen atoms in total. The molecule has 0 spiro atoms. The Morgan fingerprint density at radius 2 is 1.95 bits per heavy atom. The van der Waals surface area contributed by atoms with Gasteiger partial charge in [0, 0.05) is 6.42 Å². The molecular formula is C18H21NO. The Morgan fingerprint density at radius 1 is 1.20 bits per heavy atom. The molecule has 1 aromatic rings. The van der Waals surface area contributed by atoms with E-state index in [0.717, 1.165) is 31.6 Å². The van der Waals surface area contributed by atoms with E-state index in [2.05, 4.69) is 32.1 Å². The Kier molecular flexibility index (Phi) is 5.01. The van der Waals surface area contributed by atoms with Crippen LogP contribution in [0.4, 0.5) is 0 Å². The third-order valence-electron chi connectivity index (χ3n) is 3.75. The highest BCUT2D eigenvalue weighted by molar-refractivity contribution is 5.68. The summed E-state index contributed by atoms with van der Waals surface area (Å²) in [5, 5.41) is 8.81. The molecule has 2 rings (SSSR count). The number of rotatable bonds is 5. The highest BCUT2D eigenvalue weighted by Crippen LogP contribution is 2.27. The lowest BCUT2D eigenvalue weighted by Crippen LogP contribution is -2.06. The molecule has 20 heavy (non-hydrogen) atoms. The molecule has 0 aromatic heterocycles. The Hall–Kier alpha value is -2.01. The van der Waals surface area contributed by atoms with Crippen LogP contribution in [0.1, 0.15) is 44.2 Å². The molecule has 0 saturated carbocycles. The van der Waals surface area contributed by atoms with Crippen molar-refractivity contribution in [3.8, 4) is 6.07 Å². The summed E-state index contributed by atoms with van der Waals surface area (Å²) in [5.41, 5.74) is 3.21. The molecule has 0 N–H and O–H groups in total. The van der Waals surface area contributed by atoms with E-state index in [0.29, 0.717) is 11.5 Å². The van der Waals surface area contributed by atoms with Gasteiger partial charge in [-0.2, -0.15) is 5.26 Å². The van der Waals surface area contributed by atoms with Crippen LogP contribution in [0.15, 0.2) is 42.2 Å². The van der Waals surface area contributed by atoms with Gasteiger partial charge in [-0.3, -0.25) is 0 Å². The summed E-state index contributed by atoms with van der Waals surface area (Å²) >= 11 is 0. The molecular weight excluding hydrogens is 246 g/mol. The first-order chi connectivity index (χ1) is 9.72. The molecule has 1 atom stereocenters. The third-order valence-corrected chi connectivity index (χ3v) is 3.75. The Balaban J connectivity index is 2.00. The number of hydrogen-bond acceptors (Lipinski definition) is 2. The minimum atomic E-state index is 0.611. The van der Waals surface area contributed by atoms with E-state index < -0.39 is 0 Å². The van der Waals surface area contributed by atoms with Crippen molar-refractivity contribution in [3.05, 3.63) is 53.3 Å². The molecule has 0 bridgehead atoms. The van der Waals surface area contributed by atoms with Gasteiger partial charge in [0.05, 0.1) is 24.0 Å². The number of hydrogen-bond donors (Lipinski definition) is 0. The lowest BCUT2D eigenvalue weighted by Gasteiger charge is -2.18. The first-order valence-electron chi connectivity index (χ1n) is 7.26. The van der Waals surface area contributed by atoms with Crippen molar-refractivity contribution in [1.29, 1.82) is 5.26 Å². The van der Waals surface area contributed by atoms with Crippen LogP contribution >= 0.6 is 0 Å². The van der Waals surface area contributed by atoms with Crippen LogP contribution in [-0.4, -0.2) is 6.61 Å². The van der Waals surface area contributed by atoms with E-state index in [1.54, 1.807) is 0 Å². The minimum absolute atomic E-state index is 0.611. The number of nitrogens with zero attached hydrogens (tertiary/aromatic N) is 1. The van der Waals surface area contributed by atoms with Crippen LogP contribution < -0.4 is 0 Å². The normalized spacial score (nSPS) is 15.8. The average Bonchev–Trinajstić information content (AvgIpc) is 2.53. The van der Waals surface area contributed by atoms with E-state index in [-0.39, 0.29) is 0 Å². The fourth-order valence-corrected chi connectivity index (χ4v) is 2.10. The van der Waals surface area contributed by atoms with Gasteiger partial charge in [-0.15, -0.1) is 0 Å². The largest absolute Gasteiger partial charge is 0.498 e. The van der Waals surface area contributed by atoms with Crippen molar-refractivity contribution in [1.82, 2.24) is 0 Å². The smallest absolute Gasteiger partial charge is 0.0991 e. The minimum Gasteiger partial charge on any atom is -0.498 e. The van der Waals surface area contributed by atoms with Crippen molar-refractivity contribution >= 4 is 5.57 Å². The van der Waals surface area contributed by atoms with E-state index in [4.69, 9.17) is 10.00 Å². The summed E-state index contributed by atoms with van der Waals surface area (Å²) in [6.45, 7) is 5.20. The van der Waals surface area contributed by atoms with Crippen molar-refractivity contribution in [2.24, 2.45) is 5.92 Å². The van der Waals surface area contributed by atoms with Gasteiger partial charge in [-0.25, -0.2) is 0 Å². The highest BCUT2D eigenvalue weighted by Gasteiger charge is 2.10. The van der Waals surface area contributed by atoms with Crippen LogP contribution in [0.5, 0.6) is 0 Å². The van der Waals surface area contributed by atoms with Crippen molar-refractivity contribution in [2.45, 2.75) is 33.1 Å². The average molecular weight is 267 g/mol. The Labute approximate surface area is 121 Å². The lowest BCUT2D eigenvalue weighted by atomic mass is 9.96. The van der Waals surface area contributed by atoms with E-state index in [9.17, 15) is 0 Å². The second-order valence-corrected chi connectivity index (χ2v) is 5.34. The molecule has 2 heteroatoms. The van der Waals surface area contributed by atoms with E-state index >= 15 is 0 Å².